The number of nitrogens with one attached hydrogen (secondary N) is 2. The van der Waals surface area contributed by atoms with Crippen LogP contribution in [0, 0.1) is 11.3 Å². The number of anilines is 3. The predicted octanol–water partition coefficient (Wildman–Crippen LogP) is 5.54. The first-order chi connectivity index (χ1) is 27.5. The number of ether oxygens (including phenoxy) is 1. The number of amides is 2. The van der Waals surface area contributed by atoms with Crippen LogP contribution in [-0.4, -0.2) is 117 Å². The van der Waals surface area contributed by atoms with E-state index in [2.05, 4.69) is 39.3 Å². The summed E-state index contributed by atoms with van der Waals surface area (Å²) in [6.45, 7) is 11.0. The molecule has 0 spiro atoms. The van der Waals surface area contributed by atoms with Crippen LogP contribution in [0.1, 0.15) is 90.3 Å². The van der Waals surface area contributed by atoms with Crippen LogP contribution in [0.25, 0.3) is 0 Å². The SMILES string of the molecule is C[C@@H]1CN(CCCOC2CCC(N3C(=S)N(c4cnc(C#N)c(C(F)(F)F)c4)C(=O)C3(C)C)CC2)C[C@H](C)N1CC(=O)Nc1cccc(NC2CCC(=O)CC2=O)c1. The summed E-state index contributed by atoms with van der Waals surface area (Å²) in [4.78, 5) is 61.8. The third kappa shape index (κ3) is 9.68. The van der Waals surface area contributed by atoms with E-state index in [1.54, 1.807) is 19.9 Å². The van der Waals surface area contributed by atoms with E-state index in [1.165, 1.54) is 6.07 Å². The van der Waals surface area contributed by atoms with Crippen LogP contribution >= 0.6 is 12.2 Å². The Morgan fingerprint density at radius 2 is 1.74 bits per heavy atom. The molecule has 58 heavy (non-hydrogen) atoms. The number of nitriles is 1. The molecule has 4 fully saturated rings. The lowest BCUT2D eigenvalue weighted by atomic mass is 9.89. The Labute approximate surface area is 342 Å². The fraction of sp³-hybridized carbons (Fsp3) is 0.585. The number of hydrogen-bond acceptors (Lipinski definition) is 11. The van der Waals surface area contributed by atoms with Crippen LogP contribution in [0.3, 0.4) is 0 Å². The molecule has 312 valence electrons. The van der Waals surface area contributed by atoms with Gasteiger partial charge < -0.3 is 25.2 Å². The molecule has 4 aliphatic rings. The molecule has 17 heteroatoms. The lowest BCUT2D eigenvalue weighted by Gasteiger charge is -2.44. The van der Waals surface area contributed by atoms with Gasteiger partial charge in [-0.3, -0.25) is 29.0 Å². The molecule has 6 rings (SSSR count). The zero-order valence-corrected chi connectivity index (χ0v) is 34.1. The first kappa shape index (κ1) is 43.1. The van der Waals surface area contributed by atoms with Crippen LogP contribution < -0.4 is 15.5 Å². The summed E-state index contributed by atoms with van der Waals surface area (Å²) in [5, 5.41) is 15.5. The van der Waals surface area contributed by atoms with Gasteiger partial charge in [-0.05, 0) is 103 Å². The molecule has 2 aromatic rings. The second-order valence-corrected chi connectivity index (χ2v) is 16.7. The third-order valence-corrected chi connectivity index (χ3v) is 12.1. The number of hydrogen-bond donors (Lipinski definition) is 2. The van der Waals surface area contributed by atoms with E-state index >= 15 is 0 Å². The molecule has 0 radical (unpaired) electrons. The summed E-state index contributed by atoms with van der Waals surface area (Å²) < 4.78 is 47.4. The van der Waals surface area contributed by atoms with Gasteiger partial charge in [0.15, 0.2) is 16.6 Å². The second kappa shape index (κ2) is 17.8. The van der Waals surface area contributed by atoms with Gasteiger partial charge in [0.25, 0.3) is 5.91 Å². The number of carbonyl (C=O) groups excluding carboxylic acids is 4. The number of carbonyl (C=O) groups is 4. The molecule has 2 amide bonds. The van der Waals surface area contributed by atoms with Crippen molar-refractivity contribution in [3.8, 4) is 6.07 Å². The van der Waals surface area contributed by atoms with Crippen molar-refractivity contribution in [1.29, 1.82) is 5.26 Å². The summed E-state index contributed by atoms with van der Waals surface area (Å²) in [6, 6.07) is 9.31. The zero-order valence-electron chi connectivity index (χ0n) is 33.3. The summed E-state index contributed by atoms with van der Waals surface area (Å²) in [5.74, 6) is -0.703. The number of pyridine rings is 1. The molecule has 3 heterocycles. The number of Topliss-reactive ketones (excluding diaryl/α,β-unsaturated/α-hetero) is 2. The highest BCUT2D eigenvalue weighted by Gasteiger charge is 2.53. The second-order valence-electron chi connectivity index (χ2n) is 16.4. The minimum Gasteiger partial charge on any atom is -0.378 e. The van der Waals surface area contributed by atoms with Crippen molar-refractivity contribution in [3.63, 3.8) is 0 Å². The number of ketones is 2. The van der Waals surface area contributed by atoms with Crippen LogP contribution in [0.5, 0.6) is 0 Å². The Morgan fingerprint density at radius 3 is 2.40 bits per heavy atom. The highest BCUT2D eigenvalue weighted by atomic mass is 32.1. The highest BCUT2D eigenvalue weighted by Crippen LogP contribution is 2.40. The van der Waals surface area contributed by atoms with E-state index in [4.69, 9.17) is 22.2 Å². The minimum atomic E-state index is -4.82. The summed E-state index contributed by atoms with van der Waals surface area (Å²) in [5.41, 5.74) is -1.83. The van der Waals surface area contributed by atoms with Crippen LogP contribution in [0.15, 0.2) is 36.5 Å². The molecule has 2 aliphatic heterocycles. The van der Waals surface area contributed by atoms with Crippen LogP contribution in [0.2, 0.25) is 0 Å². The molecule has 1 aromatic heterocycles. The minimum absolute atomic E-state index is 0.0271. The molecule has 1 aromatic carbocycles. The van der Waals surface area contributed by atoms with E-state index in [-0.39, 0.29) is 65.5 Å². The predicted molar refractivity (Wildman–Crippen MR) is 215 cm³/mol. The zero-order chi connectivity index (χ0) is 41.9. The number of piperazine rings is 1. The van der Waals surface area contributed by atoms with Gasteiger partial charge in [-0.2, -0.15) is 18.4 Å². The third-order valence-electron chi connectivity index (χ3n) is 11.7. The maximum atomic E-state index is 13.7. The Hall–Kier alpha value is -4.50. The number of alkyl halides is 3. The maximum absolute atomic E-state index is 13.7. The van der Waals surface area contributed by atoms with Crippen LogP contribution in [0.4, 0.5) is 30.2 Å². The van der Waals surface area contributed by atoms with Crippen molar-refractivity contribution in [2.45, 2.75) is 121 Å². The monoisotopic (exact) mass is 824 g/mol. The number of benzene rings is 1. The lowest BCUT2D eigenvalue weighted by Crippen LogP contribution is -2.58. The average Bonchev–Trinajstić information content (AvgIpc) is 3.34. The first-order valence-corrected chi connectivity index (χ1v) is 20.3. The molecule has 13 nitrogen and oxygen atoms in total. The lowest BCUT2D eigenvalue weighted by molar-refractivity contribution is -0.138. The molecule has 0 bridgehead atoms. The van der Waals surface area contributed by atoms with E-state index < -0.39 is 34.9 Å². The van der Waals surface area contributed by atoms with Crippen molar-refractivity contribution in [2.24, 2.45) is 0 Å². The van der Waals surface area contributed by atoms with E-state index in [0.717, 1.165) is 56.1 Å². The number of thiocarbonyl (C=S) groups is 1. The van der Waals surface area contributed by atoms with Crippen molar-refractivity contribution < 1.29 is 37.1 Å². The Kier molecular flexibility index (Phi) is 13.2. The Balaban J connectivity index is 0.919. The fourth-order valence-corrected chi connectivity index (χ4v) is 9.35. The summed E-state index contributed by atoms with van der Waals surface area (Å²) >= 11 is 5.71. The van der Waals surface area contributed by atoms with E-state index in [1.807, 2.05) is 23.1 Å². The quantitative estimate of drug-likeness (QED) is 0.157. The molecule has 2 saturated heterocycles. The number of rotatable bonds is 12. The maximum Gasteiger partial charge on any atom is 0.419 e. The largest absolute Gasteiger partial charge is 0.419 e. The Bertz CT molecular complexity index is 1940. The smallest absolute Gasteiger partial charge is 0.378 e. The molecule has 3 atom stereocenters. The van der Waals surface area contributed by atoms with Gasteiger partial charge in [0.2, 0.25) is 5.91 Å². The Morgan fingerprint density at radius 1 is 1.05 bits per heavy atom. The molecule has 1 unspecified atom stereocenters. The normalized spacial score (nSPS) is 25.9. The summed E-state index contributed by atoms with van der Waals surface area (Å²) in [6.07, 6.45) is 0.871. The molecular weight excluding hydrogens is 774 g/mol. The van der Waals surface area contributed by atoms with Gasteiger partial charge in [0, 0.05) is 62.2 Å². The van der Waals surface area contributed by atoms with Crippen molar-refractivity contribution >= 4 is 57.8 Å². The van der Waals surface area contributed by atoms with Crippen molar-refractivity contribution in [1.82, 2.24) is 19.7 Å². The van der Waals surface area contributed by atoms with Crippen molar-refractivity contribution in [3.05, 3.63) is 47.8 Å². The number of halogens is 3. The number of nitrogens with zero attached hydrogens (tertiary/aromatic N) is 6. The van der Waals surface area contributed by atoms with E-state index in [0.29, 0.717) is 43.7 Å². The molecule has 2 saturated carbocycles. The average molecular weight is 825 g/mol. The molecular formula is C41H51F3N8O5S. The van der Waals surface area contributed by atoms with Gasteiger partial charge in [0.1, 0.15) is 17.4 Å². The van der Waals surface area contributed by atoms with Gasteiger partial charge in [-0.1, -0.05) is 6.07 Å². The summed E-state index contributed by atoms with van der Waals surface area (Å²) in [7, 11) is 0. The topological polar surface area (TPSA) is 151 Å². The standard InChI is InChI=1S/C41H51F3N8O5S/c1-25-22-49(23-26(2)50(25)24-37(55)48-28-8-5-7-27(17-28)47-34-14-11-31(53)19-36(34)54)15-6-16-57-32-12-9-29(10-13-32)52-39(58)51(38(56)40(52,3)4)30-18-33(41(42,43)44)35(20-45)46-21-30/h5,7-8,17-18,21,25-26,29,32,34,47H,6,9-16,19,22-24H2,1-4H3,(H,48,55)/t25-,26+,29?,32?,34?. The van der Waals surface area contributed by atoms with Gasteiger partial charge >= 0.3 is 6.18 Å². The van der Waals surface area contributed by atoms with Gasteiger partial charge in [0.05, 0.1) is 42.6 Å². The first-order valence-electron chi connectivity index (χ1n) is 19.9. The highest BCUT2D eigenvalue weighted by molar-refractivity contribution is 7.80. The van der Waals surface area contributed by atoms with Gasteiger partial charge in [-0.15, -0.1) is 0 Å². The number of aromatic nitrogens is 1. The molecule has 2 N–H and O–H groups in total. The van der Waals surface area contributed by atoms with Crippen molar-refractivity contribution in [2.75, 3.05) is 48.3 Å². The fourth-order valence-electron chi connectivity index (χ4n) is 8.78. The molecule has 2 aliphatic carbocycles. The van der Waals surface area contributed by atoms with E-state index in [9.17, 15) is 32.3 Å². The van der Waals surface area contributed by atoms with Crippen LogP contribution in [-0.2, 0) is 30.1 Å². The van der Waals surface area contributed by atoms with Gasteiger partial charge in [-0.25, -0.2) is 4.98 Å².